The molecule has 1 aromatic rings. The number of methoxy groups -OCH3 is 1. The second kappa shape index (κ2) is 9.66. The van der Waals surface area contributed by atoms with Crippen LogP contribution in [0.15, 0.2) is 24.3 Å². The molecule has 1 aromatic carbocycles. The van der Waals surface area contributed by atoms with Gasteiger partial charge < -0.3 is 19.3 Å². The van der Waals surface area contributed by atoms with Gasteiger partial charge in [-0.25, -0.2) is 4.79 Å². The molecule has 0 atom stereocenters. The Balaban J connectivity index is 1.73. The first-order chi connectivity index (χ1) is 12.1. The number of hydrogen-bond donors (Lipinski definition) is 1. The van der Waals surface area contributed by atoms with E-state index in [1.165, 1.54) is 0 Å². The smallest absolute Gasteiger partial charge is 0.497 e. The van der Waals surface area contributed by atoms with Crippen molar-refractivity contribution >= 4 is 6.16 Å². The summed E-state index contributed by atoms with van der Waals surface area (Å²) in [4.78, 5) is 11.7. The first kappa shape index (κ1) is 19.6. The van der Waals surface area contributed by atoms with E-state index in [0.717, 1.165) is 37.0 Å². The molecule has 0 heterocycles. The van der Waals surface area contributed by atoms with E-state index in [0.29, 0.717) is 32.3 Å². The number of hydrogen-bond acceptors (Lipinski definition) is 5. The third-order valence-electron chi connectivity index (χ3n) is 4.87. The summed E-state index contributed by atoms with van der Waals surface area (Å²) in [5.41, 5.74) is 0.0150. The van der Waals surface area contributed by atoms with Gasteiger partial charge in [0.05, 0.1) is 19.3 Å². The molecule has 0 amide bonds. The third-order valence-corrected chi connectivity index (χ3v) is 4.87. The van der Waals surface area contributed by atoms with Gasteiger partial charge in [-0.15, -0.1) is 0 Å². The molecular formula is C20H30O5. The van der Waals surface area contributed by atoms with Crippen LogP contribution in [0, 0.1) is 0 Å². The minimum atomic E-state index is -0.865. The summed E-state index contributed by atoms with van der Waals surface area (Å²) >= 11 is 0. The number of unbranched alkanes of at least 4 members (excludes halogenated alkanes) is 3. The number of benzene rings is 1. The number of carbonyl (C=O) groups excluding carboxylic acids is 1. The number of ether oxygens (including phenoxy) is 3. The fourth-order valence-electron chi connectivity index (χ4n) is 3.23. The average Bonchev–Trinajstić information content (AvgIpc) is 2.64. The highest BCUT2D eigenvalue weighted by molar-refractivity contribution is 5.60. The molecule has 0 unspecified atom stereocenters. The summed E-state index contributed by atoms with van der Waals surface area (Å²) in [5.74, 6) is 0.769. The molecule has 140 valence electrons. The van der Waals surface area contributed by atoms with Crippen molar-refractivity contribution in [2.24, 2.45) is 0 Å². The zero-order chi connectivity index (χ0) is 18.1. The van der Waals surface area contributed by atoms with Crippen molar-refractivity contribution < 1.29 is 24.1 Å². The van der Waals surface area contributed by atoms with E-state index in [2.05, 4.69) is 6.92 Å². The first-order valence-electron chi connectivity index (χ1n) is 9.27. The maximum atomic E-state index is 11.7. The highest BCUT2D eigenvalue weighted by atomic mass is 16.7. The molecule has 1 fully saturated rings. The van der Waals surface area contributed by atoms with E-state index in [1.54, 1.807) is 7.11 Å². The highest BCUT2D eigenvalue weighted by Gasteiger charge is 2.36. The van der Waals surface area contributed by atoms with E-state index in [1.807, 2.05) is 24.3 Å². The predicted molar refractivity (Wildman–Crippen MR) is 95.7 cm³/mol. The van der Waals surface area contributed by atoms with Crippen LogP contribution in [0.4, 0.5) is 4.79 Å². The van der Waals surface area contributed by atoms with Gasteiger partial charge in [-0.2, -0.15) is 0 Å². The normalized spacial score (nSPS) is 23.1. The molecule has 0 bridgehead atoms. The van der Waals surface area contributed by atoms with Crippen LogP contribution in [0.1, 0.15) is 63.9 Å². The Bertz CT molecular complexity index is 517. The molecule has 0 aliphatic heterocycles. The van der Waals surface area contributed by atoms with Crippen molar-refractivity contribution in [3.8, 4) is 5.75 Å². The van der Waals surface area contributed by atoms with Crippen molar-refractivity contribution in [1.29, 1.82) is 0 Å². The van der Waals surface area contributed by atoms with Crippen LogP contribution in [0.25, 0.3) is 0 Å². The molecule has 1 aliphatic carbocycles. The van der Waals surface area contributed by atoms with Crippen LogP contribution in [-0.4, -0.2) is 31.1 Å². The number of carbonyl (C=O) groups is 1. The van der Waals surface area contributed by atoms with E-state index >= 15 is 0 Å². The highest BCUT2D eigenvalue weighted by Crippen LogP contribution is 2.38. The Kier molecular flexibility index (Phi) is 7.56. The van der Waals surface area contributed by atoms with Crippen molar-refractivity contribution in [2.45, 2.75) is 70.0 Å². The Hall–Kier alpha value is -1.75. The standard InChI is InChI=1S/C20H30O5/c1-3-4-5-6-15-24-19(21)25-18-11-13-20(22,14-12-18)16-7-9-17(23-2)10-8-16/h7-10,18,22H,3-6,11-15H2,1-2H3. The summed E-state index contributed by atoms with van der Waals surface area (Å²) < 4.78 is 15.6. The fourth-order valence-corrected chi connectivity index (χ4v) is 3.23. The summed E-state index contributed by atoms with van der Waals surface area (Å²) in [5, 5.41) is 10.9. The Morgan fingerprint density at radius 2 is 1.84 bits per heavy atom. The zero-order valence-corrected chi connectivity index (χ0v) is 15.3. The topological polar surface area (TPSA) is 65.0 Å². The molecule has 25 heavy (non-hydrogen) atoms. The largest absolute Gasteiger partial charge is 0.508 e. The van der Waals surface area contributed by atoms with E-state index < -0.39 is 11.8 Å². The van der Waals surface area contributed by atoms with Crippen molar-refractivity contribution in [3.05, 3.63) is 29.8 Å². The van der Waals surface area contributed by atoms with Crippen LogP contribution >= 0.6 is 0 Å². The molecule has 0 spiro atoms. The van der Waals surface area contributed by atoms with E-state index in [-0.39, 0.29) is 6.10 Å². The predicted octanol–water partition coefficient (Wildman–Crippen LogP) is 4.56. The van der Waals surface area contributed by atoms with Gasteiger partial charge in [0.2, 0.25) is 0 Å². The van der Waals surface area contributed by atoms with Crippen LogP contribution in [0.5, 0.6) is 5.75 Å². The molecule has 0 saturated heterocycles. The second-order valence-electron chi connectivity index (χ2n) is 6.74. The quantitative estimate of drug-likeness (QED) is 0.550. The van der Waals surface area contributed by atoms with E-state index in [4.69, 9.17) is 14.2 Å². The lowest BCUT2D eigenvalue weighted by Gasteiger charge is -2.36. The van der Waals surface area contributed by atoms with Gasteiger partial charge in [0.1, 0.15) is 11.9 Å². The molecule has 2 rings (SSSR count). The molecule has 5 nitrogen and oxygen atoms in total. The molecular weight excluding hydrogens is 320 g/mol. The number of aliphatic hydroxyl groups is 1. The van der Waals surface area contributed by atoms with Crippen molar-refractivity contribution in [1.82, 2.24) is 0 Å². The minimum absolute atomic E-state index is 0.179. The molecule has 1 aliphatic rings. The van der Waals surface area contributed by atoms with Gasteiger partial charge in [0.15, 0.2) is 0 Å². The van der Waals surface area contributed by atoms with E-state index in [9.17, 15) is 9.90 Å². The lowest BCUT2D eigenvalue weighted by atomic mass is 9.78. The van der Waals surface area contributed by atoms with Crippen LogP contribution in [-0.2, 0) is 15.1 Å². The Labute approximate surface area is 150 Å². The van der Waals surface area contributed by atoms with Gasteiger partial charge in [0.25, 0.3) is 0 Å². The Morgan fingerprint density at radius 3 is 2.44 bits per heavy atom. The van der Waals surface area contributed by atoms with Gasteiger partial charge in [-0.3, -0.25) is 0 Å². The lowest BCUT2D eigenvalue weighted by Crippen LogP contribution is -2.35. The molecule has 1 saturated carbocycles. The van der Waals surface area contributed by atoms with Gasteiger partial charge >= 0.3 is 6.16 Å². The maximum absolute atomic E-state index is 11.7. The second-order valence-corrected chi connectivity index (χ2v) is 6.74. The molecule has 5 heteroatoms. The SMILES string of the molecule is CCCCCCOC(=O)OC1CCC(O)(c2ccc(OC)cc2)CC1. The fraction of sp³-hybridized carbons (Fsp3) is 0.650. The summed E-state index contributed by atoms with van der Waals surface area (Å²) in [6.45, 7) is 2.56. The van der Waals surface area contributed by atoms with Crippen LogP contribution in [0.3, 0.4) is 0 Å². The summed E-state index contributed by atoms with van der Waals surface area (Å²) in [7, 11) is 1.62. The first-order valence-corrected chi connectivity index (χ1v) is 9.27. The molecule has 0 radical (unpaired) electrons. The Morgan fingerprint density at radius 1 is 1.16 bits per heavy atom. The lowest BCUT2D eigenvalue weighted by molar-refractivity contribution is -0.0538. The average molecular weight is 350 g/mol. The molecule has 1 N–H and O–H groups in total. The van der Waals surface area contributed by atoms with Gasteiger partial charge in [-0.05, 0) is 49.8 Å². The van der Waals surface area contributed by atoms with Crippen molar-refractivity contribution in [2.75, 3.05) is 13.7 Å². The maximum Gasteiger partial charge on any atom is 0.508 e. The number of rotatable bonds is 8. The van der Waals surface area contributed by atoms with Crippen molar-refractivity contribution in [3.63, 3.8) is 0 Å². The molecule has 0 aromatic heterocycles. The third kappa shape index (κ3) is 5.92. The summed E-state index contributed by atoms with van der Waals surface area (Å²) in [6.07, 6.45) is 5.89. The minimum Gasteiger partial charge on any atom is -0.497 e. The van der Waals surface area contributed by atoms with Crippen LogP contribution < -0.4 is 4.74 Å². The van der Waals surface area contributed by atoms with Crippen LogP contribution in [0.2, 0.25) is 0 Å². The summed E-state index contributed by atoms with van der Waals surface area (Å²) in [6, 6.07) is 7.49. The van der Waals surface area contributed by atoms with Gasteiger partial charge in [0, 0.05) is 0 Å². The zero-order valence-electron chi connectivity index (χ0n) is 15.3. The van der Waals surface area contributed by atoms with Gasteiger partial charge in [-0.1, -0.05) is 38.3 Å². The monoisotopic (exact) mass is 350 g/mol.